The second-order valence-corrected chi connectivity index (χ2v) is 5.73. The molecule has 0 saturated heterocycles. The topological polar surface area (TPSA) is 61.5 Å². The van der Waals surface area contributed by atoms with E-state index in [9.17, 15) is 17.7 Å². The highest BCUT2D eigenvalue weighted by atomic mass is 31.2. The zero-order valence-corrected chi connectivity index (χ0v) is 11.4. The Labute approximate surface area is 109 Å². The third kappa shape index (κ3) is 3.36. The smallest absolute Gasteiger partial charge is 0.314 e. The molecule has 0 aliphatic rings. The summed E-state index contributed by atoms with van der Waals surface area (Å²) in [6.07, 6.45) is 0. The third-order valence-corrected chi connectivity index (χ3v) is 4.51. The number of hydrogen-bond donors (Lipinski definition) is 1. The van der Waals surface area contributed by atoms with Crippen LogP contribution < -0.4 is 5.73 Å². The molecule has 4 nitrogen and oxygen atoms in total. The lowest BCUT2D eigenvalue weighted by Crippen LogP contribution is -2.18. The van der Waals surface area contributed by atoms with E-state index in [1.165, 1.54) is 13.8 Å². The second-order valence-electron chi connectivity index (χ2n) is 3.58. The molecule has 0 heterocycles. The molecule has 108 valence electrons. The molecule has 1 atom stereocenters. The van der Waals surface area contributed by atoms with Gasteiger partial charge in [-0.25, -0.2) is 13.2 Å². The van der Waals surface area contributed by atoms with E-state index in [2.05, 4.69) is 0 Å². The average Bonchev–Trinajstić information content (AvgIpc) is 2.35. The van der Waals surface area contributed by atoms with E-state index in [1.54, 1.807) is 0 Å². The Balaban J connectivity index is 3.28. The molecule has 0 radical (unpaired) electrons. The zero-order chi connectivity index (χ0) is 14.6. The van der Waals surface area contributed by atoms with Crippen LogP contribution in [0, 0.1) is 17.5 Å². The van der Waals surface area contributed by atoms with Crippen LogP contribution in [0.3, 0.4) is 0 Å². The molecular formula is C11H15F3NO3P. The molecule has 0 saturated carbocycles. The van der Waals surface area contributed by atoms with Gasteiger partial charge in [0.1, 0.15) is 11.6 Å². The van der Waals surface area contributed by atoms with E-state index in [4.69, 9.17) is 14.8 Å². The Hall–Kier alpha value is -0.880. The minimum absolute atomic E-state index is 0.0243. The van der Waals surface area contributed by atoms with E-state index in [0.717, 1.165) is 0 Å². The van der Waals surface area contributed by atoms with Gasteiger partial charge in [0.2, 0.25) is 0 Å². The van der Waals surface area contributed by atoms with Crippen LogP contribution in [0.1, 0.15) is 25.2 Å². The molecule has 2 N–H and O–H groups in total. The number of hydrogen-bond acceptors (Lipinski definition) is 4. The molecule has 0 aromatic heterocycles. The molecule has 0 bridgehead atoms. The van der Waals surface area contributed by atoms with Crippen LogP contribution in [0.4, 0.5) is 13.2 Å². The normalized spacial score (nSPS) is 13.6. The Morgan fingerprint density at radius 2 is 1.63 bits per heavy atom. The molecule has 0 aliphatic carbocycles. The number of rotatable bonds is 6. The van der Waals surface area contributed by atoms with Gasteiger partial charge < -0.3 is 14.8 Å². The SMILES string of the molecule is CCOP(=O)(OCC)[C@H](N)c1c(F)ccc(F)c1F. The van der Waals surface area contributed by atoms with Crippen LogP contribution in [-0.4, -0.2) is 13.2 Å². The minimum atomic E-state index is -3.97. The molecule has 0 fully saturated rings. The van der Waals surface area contributed by atoms with Crippen LogP contribution in [0.15, 0.2) is 12.1 Å². The Morgan fingerprint density at radius 3 is 2.11 bits per heavy atom. The van der Waals surface area contributed by atoms with Gasteiger partial charge in [-0.1, -0.05) is 0 Å². The molecule has 0 aliphatic heterocycles. The van der Waals surface area contributed by atoms with Gasteiger partial charge in [-0.15, -0.1) is 0 Å². The van der Waals surface area contributed by atoms with E-state index in [0.29, 0.717) is 12.1 Å². The number of nitrogens with two attached hydrogens (primary N) is 1. The van der Waals surface area contributed by atoms with Crippen molar-refractivity contribution < 1.29 is 26.8 Å². The maximum atomic E-state index is 13.6. The van der Waals surface area contributed by atoms with Gasteiger partial charge in [-0.05, 0) is 26.0 Å². The Bertz CT molecular complexity index is 488. The largest absolute Gasteiger partial charge is 0.351 e. The molecule has 1 rings (SSSR count). The highest BCUT2D eigenvalue weighted by Crippen LogP contribution is 2.58. The quantitative estimate of drug-likeness (QED) is 0.646. The summed E-state index contributed by atoms with van der Waals surface area (Å²) in [7, 11) is -3.97. The maximum Gasteiger partial charge on any atom is 0.351 e. The molecular weight excluding hydrogens is 282 g/mol. The molecule has 0 spiro atoms. The first-order chi connectivity index (χ1) is 8.87. The monoisotopic (exact) mass is 297 g/mol. The summed E-state index contributed by atoms with van der Waals surface area (Å²) in [6, 6.07) is 1.32. The first-order valence-corrected chi connectivity index (χ1v) is 7.26. The number of halogens is 3. The van der Waals surface area contributed by atoms with E-state index in [1.807, 2.05) is 0 Å². The minimum Gasteiger partial charge on any atom is -0.314 e. The fourth-order valence-electron chi connectivity index (χ4n) is 1.53. The Morgan fingerprint density at radius 1 is 1.16 bits per heavy atom. The summed E-state index contributed by atoms with van der Waals surface area (Å²) < 4.78 is 62.4. The lowest BCUT2D eigenvalue weighted by Gasteiger charge is -2.24. The van der Waals surface area contributed by atoms with Crippen LogP contribution in [0.2, 0.25) is 0 Å². The highest BCUT2D eigenvalue weighted by Gasteiger charge is 2.38. The maximum absolute atomic E-state index is 13.6. The van der Waals surface area contributed by atoms with Crippen molar-refractivity contribution >= 4 is 7.60 Å². The molecule has 19 heavy (non-hydrogen) atoms. The molecule has 0 unspecified atom stereocenters. The molecule has 0 amide bonds. The van der Waals surface area contributed by atoms with Crippen molar-refractivity contribution in [3.8, 4) is 0 Å². The van der Waals surface area contributed by atoms with E-state index in [-0.39, 0.29) is 13.2 Å². The van der Waals surface area contributed by atoms with E-state index < -0.39 is 36.4 Å². The lowest BCUT2D eigenvalue weighted by molar-refractivity contribution is 0.211. The fraction of sp³-hybridized carbons (Fsp3) is 0.455. The second kappa shape index (κ2) is 6.52. The van der Waals surface area contributed by atoms with Gasteiger partial charge in [0.25, 0.3) is 0 Å². The van der Waals surface area contributed by atoms with Crippen molar-refractivity contribution in [3.05, 3.63) is 35.1 Å². The first kappa shape index (κ1) is 16.2. The third-order valence-electron chi connectivity index (χ3n) is 2.33. The van der Waals surface area contributed by atoms with Gasteiger partial charge in [0, 0.05) is 0 Å². The standard InChI is InChI=1S/C11H15F3NO3P/c1-3-17-19(16,18-4-2)11(15)9-7(12)5-6-8(13)10(9)14/h5-6,11H,3-4,15H2,1-2H3/t11-/m0/s1. The predicted octanol–water partition coefficient (Wildman–Crippen LogP) is 3.33. The van der Waals surface area contributed by atoms with Crippen LogP contribution in [0.5, 0.6) is 0 Å². The van der Waals surface area contributed by atoms with Gasteiger partial charge in [-0.3, -0.25) is 4.57 Å². The van der Waals surface area contributed by atoms with Gasteiger partial charge in [-0.2, -0.15) is 0 Å². The van der Waals surface area contributed by atoms with Crippen LogP contribution in [0.25, 0.3) is 0 Å². The fourth-order valence-corrected chi connectivity index (χ4v) is 3.20. The number of benzene rings is 1. The summed E-state index contributed by atoms with van der Waals surface area (Å²) in [5, 5.41) is 0. The van der Waals surface area contributed by atoms with Gasteiger partial charge >= 0.3 is 7.60 Å². The van der Waals surface area contributed by atoms with E-state index >= 15 is 0 Å². The first-order valence-electron chi connectivity index (χ1n) is 5.65. The van der Waals surface area contributed by atoms with Crippen molar-refractivity contribution in [2.45, 2.75) is 19.6 Å². The van der Waals surface area contributed by atoms with Gasteiger partial charge in [0.05, 0.1) is 18.8 Å². The molecule has 1 aromatic rings. The highest BCUT2D eigenvalue weighted by molar-refractivity contribution is 7.54. The summed E-state index contributed by atoms with van der Waals surface area (Å²) in [5.41, 5.74) is 4.71. The van der Waals surface area contributed by atoms with Crippen LogP contribution >= 0.6 is 7.60 Å². The van der Waals surface area contributed by atoms with Gasteiger partial charge in [0.15, 0.2) is 11.6 Å². The predicted molar refractivity (Wildman–Crippen MR) is 64.1 cm³/mol. The summed E-state index contributed by atoms with van der Waals surface area (Å²) in [5.74, 6) is -5.62. The summed E-state index contributed by atoms with van der Waals surface area (Å²) in [6.45, 7) is 3.00. The summed E-state index contributed by atoms with van der Waals surface area (Å²) in [4.78, 5) is 0. The average molecular weight is 297 g/mol. The lowest BCUT2D eigenvalue weighted by atomic mass is 10.2. The van der Waals surface area contributed by atoms with Crippen molar-refractivity contribution in [2.75, 3.05) is 13.2 Å². The van der Waals surface area contributed by atoms with Crippen molar-refractivity contribution in [1.82, 2.24) is 0 Å². The summed E-state index contributed by atoms with van der Waals surface area (Å²) >= 11 is 0. The van der Waals surface area contributed by atoms with Crippen molar-refractivity contribution in [2.24, 2.45) is 5.73 Å². The van der Waals surface area contributed by atoms with Crippen molar-refractivity contribution in [3.63, 3.8) is 0 Å². The zero-order valence-electron chi connectivity index (χ0n) is 10.5. The Kier molecular flexibility index (Phi) is 5.55. The van der Waals surface area contributed by atoms with Crippen LogP contribution in [-0.2, 0) is 13.6 Å². The van der Waals surface area contributed by atoms with Crippen molar-refractivity contribution in [1.29, 1.82) is 0 Å². The molecule has 8 heteroatoms. The molecule has 1 aromatic carbocycles.